The van der Waals surface area contributed by atoms with Crippen LogP contribution in [0.5, 0.6) is 5.75 Å². The molecule has 15 heteroatoms. The lowest BCUT2D eigenvalue weighted by Crippen LogP contribution is -2.58. The van der Waals surface area contributed by atoms with Gasteiger partial charge in [-0.1, -0.05) is 82.6 Å². The van der Waals surface area contributed by atoms with Crippen LogP contribution in [0.15, 0.2) is 72.8 Å². The predicted octanol–water partition coefficient (Wildman–Crippen LogP) is 4.36. The highest BCUT2D eigenvalue weighted by molar-refractivity contribution is 5.88. The van der Waals surface area contributed by atoms with Crippen LogP contribution in [0, 0.1) is 11.3 Å². The van der Waals surface area contributed by atoms with Crippen molar-refractivity contribution in [2.24, 2.45) is 11.3 Å². The van der Waals surface area contributed by atoms with E-state index in [9.17, 15) is 29.4 Å². The van der Waals surface area contributed by atoms with Gasteiger partial charge in [0, 0.05) is 39.1 Å². The molecular formula is C44H63N7O8. The zero-order valence-electron chi connectivity index (χ0n) is 35.7. The Morgan fingerprint density at radius 2 is 1.64 bits per heavy atom. The number of rotatable bonds is 21. The van der Waals surface area contributed by atoms with Crippen LogP contribution in [0.25, 0.3) is 0 Å². The van der Waals surface area contributed by atoms with E-state index in [1.807, 2.05) is 88.4 Å². The predicted molar refractivity (Wildman–Crippen MR) is 224 cm³/mol. The quantitative estimate of drug-likeness (QED) is 0.0968. The van der Waals surface area contributed by atoms with Gasteiger partial charge in [0.15, 0.2) is 0 Å². The summed E-state index contributed by atoms with van der Waals surface area (Å²) in [6.07, 6.45) is -0.822. The number of hydrogen-bond donors (Lipinski definition) is 5. The molecule has 0 bridgehead atoms. The van der Waals surface area contributed by atoms with Crippen LogP contribution in [0.2, 0.25) is 0 Å². The Bertz CT molecular complexity index is 1840. The minimum Gasteiger partial charge on any atom is -0.497 e. The highest BCUT2D eigenvalue weighted by Crippen LogP contribution is 2.25. The summed E-state index contributed by atoms with van der Waals surface area (Å²) in [5, 5.41) is 29.9. The topological polar surface area (TPSA) is 186 Å². The first-order valence-corrected chi connectivity index (χ1v) is 20.2. The van der Waals surface area contributed by atoms with Gasteiger partial charge in [-0.15, -0.1) is 0 Å². The van der Waals surface area contributed by atoms with Gasteiger partial charge in [-0.2, -0.15) is 0 Å². The van der Waals surface area contributed by atoms with E-state index in [0.29, 0.717) is 36.6 Å². The molecule has 2 heterocycles. The third-order valence-corrected chi connectivity index (χ3v) is 10.5. The van der Waals surface area contributed by atoms with Gasteiger partial charge in [0.05, 0.1) is 44.3 Å². The third-order valence-electron chi connectivity index (χ3n) is 10.5. The van der Waals surface area contributed by atoms with Gasteiger partial charge in [0.25, 0.3) is 0 Å². The first-order chi connectivity index (χ1) is 27.9. The van der Waals surface area contributed by atoms with Crippen molar-refractivity contribution in [3.8, 4) is 5.75 Å². The van der Waals surface area contributed by atoms with E-state index in [1.165, 1.54) is 7.11 Å². The number of aliphatic hydroxyl groups excluding tert-OH is 1. The van der Waals surface area contributed by atoms with Crippen LogP contribution < -0.4 is 20.8 Å². The molecule has 322 valence electrons. The number of alkyl carbamates (subject to hydrolysis) is 1. The molecule has 0 spiro atoms. The molecule has 15 nitrogen and oxygen atoms in total. The Hall–Kier alpha value is -5.25. The van der Waals surface area contributed by atoms with Crippen LogP contribution in [0.4, 0.5) is 9.59 Å². The summed E-state index contributed by atoms with van der Waals surface area (Å²) < 4.78 is 10.0. The normalized spacial score (nSPS) is 15.3. The zero-order valence-corrected chi connectivity index (χ0v) is 35.7. The lowest BCUT2D eigenvalue weighted by atomic mass is 9.89. The van der Waals surface area contributed by atoms with Gasteiger partial charge in [-0.25, -0.2) is 14.6 Å². The van der Waals surface area contributed by atoms with E-state index in [2.05, 4.69) is 25.8 Å². The molecule has 4 rings (SSSR count). The molecular weight excluding hydrogens is 755 g/mol. The number of aliphatic hydroxyl groups is 2. The molecule has 1 aliphatic rings. The van der Waals surface area contributed by atoms with Crippen molar-refractivity contribution in [1.29, 1.82) is 0 Å². The van der Waals surface area contributed by atoms with Gasteiger partial charge < -0.3 is 40.1 Å². The molecule has 0 aliphatic carbocycles. The Morgan fingerprint density at radius 1 is 0.949 bits per heavy atom. The fraction of sp³-hybridized carbons (Fsp3) is 0.523. The van der Waals surface area contributed by atoms with Crippen molar-refractivity contribution >= 4 is 23.9 Å². The van der Waals surface area contributed by atoms with Gasteiger partial charge in [-0.05, 0) is 67.0 Å². The van der Waals surface area contributed by atoms with Crippen LogP contribution in [-0.4, -0.2) is 113 Å². The van der Waals surface area contributed by atoms with E-state index >= 15 is 0 Å². The largest absolute Gasteiger partial charge is 0.497 e. The number of carbonyl (C=O) groups excluding carboxylic acids is 4. The minimum absolute atomic E-state index is 0.0504. The van der Waals surface area contributed by atoms with E-state index in [0.717, 1.165) is 11.1 Å². The Kier molecular flexibility index (Phi) is 16.6. The van der Waals surface area contributed by atoms with Gasteiger partial charge in [-0.3, -0.25) is 20.0 Å². The van der Waals surface area contributed by atoms with Gasteiger partial charge in [0.1, 0.15) is 17.4 Å². The van der Waals surface area contributed by atoms with E-state index in [1.54, 1.807) is 47.9 Å². The molecule has 1 fully saturated rings. The fourth-order valence-electron chi connectivity index (χ4n) is 7.01. The molecule has 4 unspecified atom stereocenters. The van der Waals surface area contributed by atoms with Crippen molar-refractivity contribution < 1.29 is 38.9 Å². The summed E-state index contributed by atoms with van der Waals surface area (Å²) in [5.74, 6) is -0.265. The molecule has 5 amide bonds. The van der Waals surface area contributed by atoms with Crippen LogP contribution in [0.1, 0.15) is 76.9 Å². The van der Waals surface area contributed by atoms with Crippen molar-refractivity contribution in [2.45, 2.75) is 97.7 Å². The average Bonchev–Trinajstić information content (AvgIpc) is 3.54. The molecule has 3 aromatic rings. The Balaban J connectivity index is 1.56. The number of ether oxygens (including phenoxy) is 2. The molecule has 0 saturated carbocycles. The fourth-order valence-corrected chi connectivity index (χ4v) is 7.01. The second-order valence-electron chi connectivity index (χ2n) is 16.6. The molecule has 2 aromatic carbocycles. The van der Waals surface area contributed by atoms with Crippen molar-refractivity contribution in [1.82, 2.24) is 35.9 Å². The minimum atomic E-state index is -1.18. The first-order valence-electron chi connectivity index (χ1n) is 20.2. The standard InChI is InChI=1S/C44H63N7O8/c1-9-30(2)39(51-23-22-49(42(51)56)27-33-16-13-17-37(46-33)44(5,6)57)40(54)47-35(24-31-14-11-10-12-15-31)36(52)28-50(26-32-18-20-34(58-7)21-19-32)48-38(53)25-43(3,4)29-45-41(55)59-8/h10-21,30,35-36,39,52,57H,9,22-29H2,1-8H3,(H,45,55)(H,47,54)(H,48,53). The molecule has 1 aromatic heterocycles. The van der Waals surface area contributed by atoms with Gasteiger partial charge >= 0.3 is 12.1 Å². The molecule has 4 atom stereocenters. The molecule has 1 aliphatic heterocycles. The highest BCUT2D eigenvalue weighted by Gasteiger charge is 2.41. The lowest BCUT2D eigenvalue weighted by molar-refractivity contribution is -0.131. The number of hydrogen-bond acceptors (Lipinski definition) is 10. The second-order valence-corrected chi connectivity index (χ2v) is 16.6. The maximum absolute atomic E-state index is 14.5. The summed E-state index contributed by atoms with van der Waals surface area (Å²) in [6, 6.07) is 20.3. The van der Waals surface area contributed by atoms with E-state index in [-0.39, 0.29) is 62.8 Å². The summed E-state index contributed by atoms with van der Waals surface area (Å²) in [5.41, 5.74) is 4.04. The molecule has 59 heavy (non-hydrogen) atoms. The number of benzene rings is 2. The number of carbonyl (C=O) groups is 4. The third kappa shape index (κ3) is 13.9. The highest BCUT2D eigenvalue weighted by atomic mass is 16.5. The number of methoxy groups -OCH3 is 2. The second kappa shape index (κ2) is 21.1. The number of urea groups is 1. The zero-order chi connectivity index (χ0) is 43.3. The number of hydrazine groups is 1. The summed E-state index contributed by atoms with van der Waals surface area (Å²) in [7, 11) is 2.85. The van der Waals surface area contributed by atoms with Crippen LogP contribution in [0.3, 0.4) is 0 Å². The smallest absolute Gasteiger partial charge is 0.406 e. The number of amides is 5. The summed E-state index contributed by atoms with van der Waals surface area (Å²) in [6.45, 7) is 12.2. The van der Waals surface area contributed by atoms with Crippen molar-refractivity contribution in [3.05, 3.63) is 95.3 Å². The Labute approximate surface area is 348 Å². The van der Waals surface area contributed by atoms with Crippen molar-refractivity contribution in [2.75, 3.05) is 40.4 Å². The summed E-state index contributed by atoms with van der Waals surface area (Å²) >= 11 is 0. The maximum atomic E-state index is 14.5. The van der Waals surface area contributed by atoms with E-state index < -0.39 is 35.3 Å². The van der Waals surface area contributed by atoms with E-state index in [4.69, 9.17) is 4.74 Å². The monoisotopic (exact) mass is 817 g/mol. The number of pyridine rings is 1. The van der Waals surface area contributed by atoms with Crippen molar-refractivity contribution in [3.63, 3.8) is 0 Å². The van der Waals surface area contributed by atoms with Crippen LogP contribution in [-0.2, 0) is 39.4 Å². The number of nitrogens with one attached hydrogen (secondary N) is 3. The van der Waals surface area contributed by atoms with Gasteiger partial charge in [0.2, 0.25) is 11.8 Å². The number of nitrogens with zero attached hydrogens (tertiary/aromatic N) is 4. The van der Waals surface area contributed by atoms with Crippen LogP contribution >= 0.6 is 0 Å². The molecule has 5 N–H and O–H groups in total. The Morgan fingerprint density at radius 3 is 2.27 bits per heavy atom. The maximum Gasteiger partial charge on any atom is 0.406 e. The average molecular weight is 818 g/mol. The SMILES string of the molecule is CCC(C)C(C(=O)NC(Cc1ccccc1)C(O)CN(Cc1ccc(OC)cc1)NC(=O)CC(C)(C)CNC(=O)OC)N1CCN(Cc2cccc(C(C)(C)O)n2)C1=O. The lowest BCUT2D eigenvalue weighted by Gasteiger charge is -2.35. The molecule has 1 saturated heterocycles. The first kappa shape index (κ1) is 46.4. The number of aromatic nitrogens is 1. The molecule has 0 radical (unpaired) electrons. The summed E-state index contributed by atoms with van der Waals surface area (Å²) in [4.78, 5) is 61.6.